The molecule has 0 atom stereocenters. The van der Waals surface area contributed by atoms with E-state index in [2.05, 4.69) is 10.1 Å². The first kappa shape index (κ1) is 21.8. The Bertz CT molecular complexity index is 1110. The Kier molecular flexibility index (Phi) is 6.13. The summed E-state index contributed by atoms with van der Waals surface area (Å²) >= 11 is 0. The number of aromatic nitrogens is 3. The lowest BCUT2D eigenvalue weighted by molar-refractivity contribution is -0.141. The summed E-state index contributed by atoms with van der Waals surface area (Å²) in [5.41, 5.74) is 0.816. The third kappa shape index (κ3) is 5.36. The van der Waals surface area contributed by atoms with Crippen molar-refractivity contribution < 1.29 is 30.5 Å². The Morgan fingerprint density at radius 1 is 1.10 bits per heavy atom. The summed E-state index contributed by atoms with van der Waals surface area (Å²) in [6, 6.07) is 10.7. The largest absolute Gasteiger partial charge is 0.481 e. The summed E-state index contributed by atoms with van der Waals surface area (Å²) in [7, 11) is -2.09. The van der Waals surface area contributed by atoms with Crippen molar-refractivity contribution >= 4 is 10.1 Å². The third-order valence-corrected chi connectivity index (χ3v) is 4.71. The molecule has 0 radical (unpaired) electrons. The fraction of sp³-hybridized carbons (Fsp3) is 0.263. The maximum absolute atomic E-state index is 13.3. The van der Waals surface area contributed by atoms with Crippen LogP contribution < -0.4 is 4.74 Å². The first-order valence-electron chi connectivity index (χ1n) is 8.68. The second-order valence-corrected chi connectivity index (χ2v) is 8.00. The molecule has 3 aromatic rings. The molecule has 0 aliphatic heterocycles. The van der Waals surface area contributed by atoms with E-state index in [4.69, 9.17) is 8.92 Å². The zero-order valence-corrected chi connectivity index (χ0v) is 16.9. The number of hydrogen-bond acceptors (Lipinski definition) is 6. The van der Waals surface area contributed by atoms with Gasteiger partial charge in [0.2, 0.25) is 5.88 Å². The van der Waals surface area contributed by atoms with Crippen LogP contribution in [0.2, 0.25) is 0 Å². The van der Waals surface area contributed by atoms with Gasteiger partial charge in [-0.25, -0.2) is 9.67 Å². The minimum Gasteiger partial charge on any atom is -0.481 e. The van der Waals surface area contributed by atoms with Gasteiger partial charge in [0.05, 0.1) is 37.6 Å². The maximum atomic E-state index is 13.3. The van der Waals surface area contributed by atoms with E-state index in [1.165, 1.54) is 19.4 Å². The lowest BCUT2D eigenvalue weighted by Crippen LogP contribution is -2.07. The quantitative estimate of drug-likeness (QED) is 0.522. The number of nitrogens with zero attached hydrogens (tertiary/aromatic N) is 3. The number of halogens is 3. The second-order valence-electron chi connectivity index (χ2n) is 6.36. The molecule has 0 N–H and O–H groups in total. The summed E-state index contributed by atoms with van der Waals surface area (Å²) < 4.78 is 72.7. The average molecular weight is 441 g/mol. The standard InChI is InChI=1S/C19H18F3N3O4S/c1-28-18-8-7-15(12-23-18)25-16(11-17(24-25)19(20,21)22)14-5-3-13(4-6-14)9-10-29-30(2,26)27/h3-8,11-12H,9-10H2,1-2H3. The van der Waals surface area contributed by atoms with Crippen LogP contribution >= 0.6 is 0 Å². The number of hydrogen-bond donors (Lipinski definition) is 0. The molecule has 0 saturated heterocycles. The fourth-order valence-electron chi connectivity index (χ4n) is 2.69. The summed E-state index contributed by atoms with van der Waals surface area (Å²) in [5.74, 6) is 0.323. The highest BCUT2D eigenvalue weighted by molar-refractivity contribution is 7.85. The molecule has 0 saturated carbocycles. The van der Waals surface area contributed by atoms with E-state index in [0.29, 0.717) is 23.6 Å². The van der Waals surface area contributed by atoms with Crippen LogP contribution in [0.25, 0.3) is 16.9 Å². The smallest absolute Gasteiger partial charge is 0.435 e. The molecule has 11 heteroatoms. The van der Waals surface area contributed by atoms with Crippen molar-refractivity contribution in [2.75, 3.05) is 20.0 Å². The Morgan fingerprint density at radius 2 is 1.80 bits per heavy atom. The number of ether oxygens (including phenoxy) is 1. The van der Waals surface area contributed by atoms with Crippen molar-refractivity contribution in [1.29, 1.82) is 0 Å². The molecule has 2 heterocycles. The van der Waals surface area contributed by atoms with Gasteiger partial charge in [-0.1, -0.05) is 24.3 Å². The lowest BCUT2D eigenvalue weighted by atomic mass is 10.1. The van der Waals surface area contributed by atoms with Crippen LogP contribution in [0.4, 0.5) is 13.2 Å². The molecule has 0 aliphatic rings. The van der Waals surface area contributed by atoms with Gasteiger partial charge in [0.15, 0.2) is 5.69 Å². The van der Waals surface area contributed by atoms with E-state index in [0.717, 1.165) is 22.6 Å². The second kappa shape index (κ2) is 8.44. The van der Waals surface area contributed by atoms with E-state index in [1.54, 1.807) is 30.3 Å². The van der Waals surface area contributed by atoms with Gasteiger partial charge >= 0.3 is 6.18 Å². The lowest BCUT2D eigenvalue weighted by Gasteiger charge is -2.09. The van der Waals surface area contributed by atoms with Gasteiger partial charge in [-0.2, -0.15) is 26.7 Å². The first-order chi connectivity index (χ1) is 14.1. The molecule has 0 aliphatic carbocycles. The van der Waals surface area contributed by atoms with Gasteiger partial charge in [0.1, 0.15) is 0 Å². The van der Waals surface area contributed by atoms with Crippen molar-refractivity contribution in [3.05, 3.63) is 59.9 Å². The van der Waals surface area contributed by atoms with Crippen LogP contribution in [0.5, 0.6) is 5.88 Å². The van der Waals surface area contributed by atoms with E-state index in [9.17, 15) is 21.6 Å². The van der Waals surface area contributed by atoms with E-state index in [1.807, 2.05) is 0 Å². The van der Waals surface area contributed by atoms with Crippen molar-refractivity contribution in [3.8, 4) is 22.8 Å². The molecule has 2 aromatic heterocycles. The number of methoxy groups -OCH3 is 1. The maximum Gasteiger partial charge on any atom is 0.435 e. The molecule has 0 unspecified atom stereocenters. The molecule has 0 bridgehead atoms. The zero-order chi connectivity index (χ0) is 21.9. The van der Waals surface area contributed by atoms with Gasteiger partial charge in [0, 0.05) is 11.6 Å². The summed E-state index contributed by atoms with van der Waals surface area (Å²) in [6.45, 7) is -0.0220. The topological polar surface area (TPSA) is 83.3 Å². The minimum atomic E-state index is -4.61. The third-order valence-electron chi connectivity index (χ3n) is 4.11. The normalized spacial score (nSPS) is 12.2. The van der Waals surface area contributed by atoms with Crippen LogP contribution in [-0.4, -0.2) is 43.2 Å². The molecule has 0 amide bonds. The Labute approximate surface area is 171 Å². The predicted octanol–water partition coefficient (Wildman–Crippen LogP) is 3.48. The Morgan fingerprint density at radius 3 is 2.33 bits per heavy atom. The van der Waals surface area contributed by atoms with Gasteiger partial charge < -0.3 is 4.74 Å². The molecule has 3 rings (SSSR count). The molecule has 1 aromatic carbocycles. The molecule has 160 valence electrons. The van der Waals surface area contributed by atoms with Crippen molar-refractivity contribution in [2.45, 2.75) is 12.6 Å². The molecular formula is C19H18F3N3O4S. The minimum absolute atomic E-state index is 0.0220. The highest BCUT2D eigenvalue weighted by Crippen LogP contribution is 2.33. The first-order valence-corrected chi connectivity index (χ1v) is 10.5. The molecular weight excluding hydrogens is 423 g/mol. The fourth-order valence-corrected chi connectivity index (χ4v) is 3.08. The summed E-state index contributed by atoms with van der Waals surface area (Å²) in [6.07, 6.45) is -1.94. The van der Waals surface area contributed by atoms with E-state index >= 15 is 0 Å². The van der Waals surface area contributed by atoms with Gasteiger partial charge in [0.25, 0.3) is 10.1 Å². The number of benzene rings is 1. The highest BCUT2D eigenvalue weighted by Gasteiger charge is 2.35. The SMILES string of the molecule is COc1ccc(-n2nc(C(F)(F)F)cc2-c2ccc(CCOS(C)(=O)=O)cc2)cn1. The summed E-state index contributed by atoms with van der Waals surface area (Å²) in [4.78, 5) is 4.02. The molecule has 0 spiro atoms. The Balaban J connectivity index is 1.92. The van der Waals surface area contributed by atoms with Gasteiger partial charge in [-0.05, 0) is 24.1 Å². The number of rotatable bonds is 7. The highest BCUT2D eigenvalue weighted by atomic mass is 32.2. The van der Waals surface area contributed by atoms with Crippen LogP contribution in [-0.2, 0) is 26.9 Å². The monoisotopic (exact) mass is 441 g/mol. The molecule has 7 nitrogen and oxygen atoms in total. The van der Waals surface area contributed by atoms with Crippen molar-refractivity contribution in [2.24, 2.45) is 0 Å². The van der Waals surface area contributed by atoms with Gasteiger partial charge in [-0.15, -0.1) is 0 Å². The Hall–Kier alpha value is -2.92. The zero-order valence-electron chi connectivity index (χ0n) is 16.0. The van der Waals surface area contributed by atoms with Gasteiger partial charge in [-0.3, -0.25) is 4.18 Å². The predicted molar refractivity (Wildman–Crippen MR) is 103 cm³/mol. The molecule has 0 fully saturated rings. The average Bonchev–Trinajstić information content (AvgIpc) is 3.13. The van der Waals surface area contributed by atoms with Crippen molar-refractivity contribution in [1.82, 2.24) is 14.8 Å². The van der Waals surface area contributed by atoms with E-state index in [-0.39, 0.29) is 12.3 Å². The van der Waals surface area contributed by atoms with Crippen LogP contribution in [0.1, 0.15) is 11.3 Å². The van der Waals surface area contributed by atoms with Crippen LogP contribution in [0.3, 0.4) is 0 Å². The van der Waals surface area contributed by atoms with Crippen LogP contribution in [0.15, 0.2) is 48.7 Å². The molecule has 30 heavy (non-hydrogen) atoms. The van der Waals surface area contributed by atoms with Crippen LogP contribution in [0, 0.1) is 0 Å². The van der Waals surface area contributed by atoms with Crippen molar-refractivity contribution in [3.63, 3.8) is 0 Å². The number of alkyl halides is 3. The number of pyridine rings is 1. The van der Waals surface area contributed by atoms with E-state index < -0.39 is 22.0 Å². The summed E-state index contributed by atoms with van der Waals surface area (Å²) in [5, 5.41) is 3.71.